The van der Waals surface area contributed by atoms with Gasteiger partial charge in [-0.3, -0.25) is 19.2 Å². The minimum Gasteiger partial charge on any atom is -0.743 e. The van der Waals surface area contributed by atoms with E-state index in [2.05, 4.69) is 103 Å². The van der Waals surface area contributed by atoms with Crippen LogP contribution in [0.25, 0.3) is 0 Å². The van der Waals surface area contributed by atoms with Crippen LogP contribution >= 0.6 is 0 Å². The smallest absolute Gasteiger partial charge is 0.369 e. The topological polar surface area (TPSA) is 183 Å². The predicted molar refractivity (Wildman–Crippen MR) is 258 cm³/mol. The monoisotopic (exact) mass is 1030 g/mol. The molecule has 10 saturated carbocycles. The second-order valence-electron chi connectivity index (χ2n) is 22.8. The molecule has 7 unspecified atom stereocenters. The summed E-state index contributed by atoms with van der Waals surface area (Å²) < 4.78 is 81.0. The van der Waals surface area contributed by atoms with Gasteiger partial charge >= 0.3 is 29.1 Å². The highest BCUT2D eigenvalue weighted by molar-refractivity contribution is 7.97. The first kappa shape index (κ1) is 51.1. The number of fused-ring (bicyclic) bond motifs is 1. The summed E-state index contributed by atoms with van der Waals surface area (Å²) in [4.78, 5) is 55.1. The van der Waals surface area contributed by atoms with Gasteiger partial charge in [0.05, 0.1) is 41.2 Å². The Kier molecular flexibility index (Phi) is 14.0. The van der Waals surface area contributed by atoms with Crippen molar-refractivity contribution in [1.29, 1.82) is 0 Å². The lowest BCUT2D eigenvalue weighted by molar-refractivity contribution is -0.211. The zero-order valence-corrected chi connectivity index (χ0v) is 42.7. The maximum atomic E-state index is 13.7. The fraction of sp³-hybridized carbons (Fsp3) is 0.607. The number of hydrogen-bond acceptors (Lipinski definition) is 12. The Hall–Kier alpha value is -4.38. The van der Waals surface area contributed by atoms with Crippen LogP contribution in [-0.4, -0.2) is 76.7 Å². The van der Waals surface area contributed by atoms with Crippen LogP contribution in [0.2, 0.25) is 0 Å². The molecule has 1 heterocycles. The Labute approximate surface area is 423 Å². The van der Waals surface area contributed by atoms with E-state index in [9.17, 15) is 46.0 Å². The fourth-order valence-corrected chi connectivity index (χ4v) is 17.8. The average Bonchev–Trinajstić information content (AvgIpc) is 3.97. The summed E-state index contributed by atoms with van der Waals surface area (Å²) in [6, 6.07) is 32.2. The molecule has 0 spiro atoms. The van der Waals surface area contributed by atoms with Crippen molar-refractivity contribution in [3.63, 3.8) is 0 Å². The molecule has 388 valence electrons. The number of rotatable bonds is 12. The van der Waals surface area contributed by atoms with Crippen LogP contribution < -0.4 is 0 Å². The van der Waals surface area contributed by atoms with Crippen molar-refractivity contribution in [3.05, 3.63) is 91.0 Å². The third-order valence-electron chi connectivity index (χ3n) is 18.5. The number of esters is 4. The van der Waals surface area contributed by atoms with E-state index in [1.807, 2.05) is 6.92 Å². The van der Waals surface area contributed by atoms with Gasteiger partial charge in [-0.15, -0.1) is 0 Å². The molecule has 1 N–H and O–H groups in total. The molecule has 3 aromatic carbocycles. The van der Waals surface area contributed by atoms with Gasteiger partial charge in [0.15, 0.2) is 30.9 Å². The molecule has 3 aromatic rings. The first-order valence-electron chi connectivity index (χ1n) is 26.0. The first-order valence-corrected chi connectivity index (χ1v) is 28.6. The lowest BCUT2D eigenvalue weighted by Crippen LogP contribution is -2.59. The fourth-order valence-electron chi connectivity index (χ4n) is 15.2. The van der Waals surface area contributed by atoms with Crippen molar-refractivity contribution in [2.24, 2.45) is 71.0 Å². The molecule has 0 amide bonds. The summed E-state index contributed by atoms with van der Waals surface area (Å²) in [5, 5.41) is 5.45. The van der Waals surface area contributed by atoms with E-state index in [0.717, 1.165) is 37.5 Å². The highest BCUT2D eigenvalue weighted by Gasteiger charge is 2.71. The van der Waals surface area contributed by atoms with Crippen LogP contribution in [0.4, 0.5) is 8.78 Å². The number of aliphatic hydroxyl groups is 1. The Morgan fingerprint density at radius 1 is 0.708 bits per heavy atom. The van der Waals surface area contributed by atoms with Crippen LogP contribution in [0, 0.1) is 71.0 Å². The molecule has 1 aliphatic heterocycles. The molecule has 72 heavy (non-hydrogen) atoms. The van der Waals surface area contributed by atoms with Gasteiger partial charge in [0.2, 0.25) is 0 Å². The van der Waals surface area contributed by atoms with Gasteiger partial charge in [0.25, 0.3) is 0 Å². The van der Waals surface area contributed by atoms with Crippen LogP contribution in [0.3, 0.4) is 0 Å². The third-order valence-corrected chi connectivity index (χ3v) is 21.8. The van der Waals surface area contributed by atoms with Gasteiger partial charge in [0, 0.05) is 11.8 Å². The highest BCUT2D eigenvalue weighted by atomic mass is 32.2. The zero-order valence-electron chi connectivity index (χ0n) is 41.0. The summed E-state index contributed by atoms with van der Waals surface area (Å²) in [5.41, 5.74) is -0.895. The Bertz CT molecular complexity index is 2440. The largest absolute Gasteiger partial charge is 0.743 e. The number of alkyl halides is 2. The summed E-state index contributed by atoms with van der Waals surface area (Å²) in [7, 11) is -6.09. The van der Waals surface area contributed by atoms with E-state index < -0.39 is 93.8 Å². The Morgan fingerprint density at radius 3 is 1.58 bits per heavy atom. The van der Waals surface area contributed by atoms with Gasteiger partial charge < -0.3 is 28.6 Å². The Balaban J connectivity index is 0.000000156. The van der Waals surface area contributed by atoms with Gasteiger partial charge in [-0.2, -0.15) is 8.78 Å². The van der Waals surface area contributed by atoms with Crippen molar-refractivity contribution in [2.45, 2.75) is 154 Å². The highest BCUT2D eigenvalue weighted by Crippen LogP contribution is 2.63. The molecule has 11 fully saturated rings. The standard InChI is InChI=1S/C27H34F2O11S.C18H15S.C11H18O/c1-11(27(28,29)41(34,35)36)37-18(30)3-4-19(31)38-22-17-10-16-20(24(32)39-23(16)22)21(17)25(33)40-26(2)14-6-12-5-13(8-14)9-15(26)7-12;1-4-10-16(11-5-1)19(17-12-6-2-7-13-17)18-14-8-3-9-15-18;1-11(12)9-3-7-2-8(5-9)6-10(11)4-7/h11-17,20-23H,3-10H2,1-2H3,(H,34,35,36);1-15H;7-10,12H,2-6H2,1H3/q;+1;/p-1. The van der Waals surface area contributed by atoms with E-state index >= 15 is 0 Å². The van der Waals surface area contributed by atoms with Gasteiger partial charge in [-0.25, -0.2) is 8.42 Å². The minimum absolute atomic E-state index is 0.0146. The number of ether oxygens (including phenoxy) is 4. The van der Waals surface area contributed by atoms with Crippen LogP contribution in [-0.2, 0) is 59.1 Å². The van der Waals surface area contributed by atoms with Crippen LogP contribution in [0.1, 0.15) is 104 Å². The maximum Gasteiger partial charge on any atom is 0.369 e. The van der Waals surface area contributed by atoms with Gasteiger partial charge in [-0.05, 0) is 175 Å². The molecule has 0 radical (unpaired) electrons. The summed E-state index contributed by atoms with van der Waals surface area (Å²) in [6.07, 6.45) is 7.04. The number of carbonyl (C=O) groups excluding carboxylic acids is 4. The molecule has 10 bridgehead atoms. The van der Waals surface area contributed by atoms with Crippen LogP contribution in [0.15, 0.2) is 106 Å². The molecule has 10 aliphatic carbocycles. The zero-order chi connectivity index (χ0) is 50.9. The number of carbonyl (C=O) groups is 4. The molecule has 14 rings (SSSR count). The van der Waals surface area contributed by atoms with E-state index in [4.69, 9.17) is 14.2 Å². The van der Waals surface area contributed by atoms with Crippen molar-refractivity contribution in [1.82, 2.24) is 0 Å². The minimum atomic E-state index is -6.07. The molecule has 7 atom stereocenters. The van der Waals surface area contributed by atoms with E-state index in [1.165, 1.54) is 53.2 Å². The molecular weight excluding hydrogens is 967 g/mol. The average molecular weight is 1030 g/mol. The maximum absolute atomic E-state index is 13.7. The molecule has 12 nitrogen and oxygen atoms in total. The normalized spacial score (nSPS) is 37.5. The van der Waals surface area contributed by atoms with E-state index in [0.29, 0.717) is 37.0 Å². The molecule has 16 heteroatoms. The second kappa shape index (κ2) is 19.7. The molecular formula is C56H66F2O12S2. The van der Waals surface area contributed by atoms with Crippen molar-refractivity contribution < 1.29 is 65.0 Å². The SMILES string of the molecule is CC(OC(=O)CCC(=O)OC1C2CC3C1OC(=O)C3C2C(=O)OC1(C)C2CC3CC(C2)CC1C3)C(F)(F)S(=O)(=O)[O-].CC1(O)C2CC3CC(C2)CC1C3.c1ccc([S+](c2ccccc2)c2ccccc2)cc1. The molecule has 1 saturated heterocycles. The molecule has 0 aromatic heterocycles. The van der Waals surface area contributed by atoms with Gasteiger partial charge in [0.1, 0.15) is 17.8 Å². The first-order chi connectivity index (χ1) is 34.2. The summed E-state index contributed by atoms with van der Waals surface area (Å²) >= 11 is 0. The Morgan fingerprint density at radius 2 is 1.14 bits per heavy atom. The number of benzene rings is 3. The second-order valence-corrected chi connectivity index (χ2v) is 26.3. The van der Waals surface area contributed by atoms with Crippen molar-refractivity contribution in [2.75, 3.05) is 0 Å². The number of halogens is 2. The van der Waals surface area contributed by atoms with E-state index in [1.54, 1.807) is 0 Å². The van der Waals surface area contributed by atoms with E-state index in [-0.39, 0.29) is 34.2 Å². The summed E-state index contributed by atoms with van der Waals surface area (Å²) in [5.74, 6) is -0.348. The van der Waals surface area contributed by atoms with Crippen molar-refractivity contribution >= 4 is 44.9 Å². The summed E-state index contributed by atoms with van der Waals surface area (Å²) in [6.45, 7) is 4.65. The predicted octanol–water partition coefficient (Wildman–Crippen LogP) is 9.29. The third kappa shape index (κ3) is 9.64. The van der Waals surface area contributed by atoms with Crippen molar-refractivity contribution in [3.8, 4) is 0 Å². The van der Waals surface area contributed by atoms with Crippen LogP contribution in [0.5, 0.6) is 0 Å². The lowest BCUT2D eigenvalue weighted by atomic mass is 9.50. The quantitative estimate of drug-likeness (QED) is 0.0787. The lowest BCUT2D eigenvalue weighted by Gasteiger charge is -2.59. The molecule has 11 aliphatic rings. The van der Waals surface area contributed by atoms with Gasteiger partial charge in [-0.1, -0.05) is 54.6 Å². The number of hydrogen-bond donors (Lipinski definition) is 1.